The summed E-state index contributed by atoms with van der Waals surface area (Å²) in [5.74, 6) is -0.809. The Morgan fingerprint density at radius 3 is 2.66 bits per heavy atom. The minimum Gasteiger partial charge on any atom is -0.495 e. The average molecular weight is 467 g/mol. The third-order valence-corrected chi connectivity index (χ3v) is 5.25. The summed E-state index contributed by atoms with van der Waals surface area (Å²) in [4.78, 5) is 25.1. The van der Waals surface area contributed by atoms with Crippen LogP contribution in [-0.4, -0.2) is 34.7 Å². The maximum atomic E-state index is 13.3. The number of alkyl halides is 3. The van der Waals surface area contributed by atoms with Gasteiger partial charge in [-0.25, -0.2) is 4.68 Å². The van der Waals surface area contributed by atoms with Crippen molar-refractivity contribution in [2.24, 2.45) is 5.73 Å². The molecule has 0 saturated carbocycles. The van der Waals surface area contributed by atoms with Crippen LogP contribution in [0.1, 0.15) is 28.0 Å². The molecule has 2 amide bonds. The summed E-state index contributed by atoms with van der Waals surface area (Å²) in [5.41, 5.74) is 4.52. The molecule has 3 aromatic rings. The zero-order valence-electron chi connectivity index (χ0n) is 17.1. The number of benzene rings is 1. The summed E-state index contributed by atoms with van der Waals surface area (Å²) < 4.78 is 46.0. The molecule has 0 saturated heterocycles. The van der Waals surface area contributed by atoms with E-state index >= 15 is 0 Å². The van der Waals surface area contributed by atoms with Crippen molar-refractivity contribution in [2.45, 2.75) is 25.7 Å². The van der Waals surface area contributed by atoms with Crippen molar-refractivity contribution in [2.75, 3.05) is 12.4 Å². The van der Waals surface area contributed by atoms with Crippen LogP contribution in [0.4, 0.5) is 18.9 Å². The molecule has 0 radical (unpaired) electrons. The van der Waals surface area contributed by atoms with Crippen molar-refractivity contribution in [1.29, 1.82) is 0 Å². The number of halogens is 3. The highest BCUT2D eigenvalue weighted by Crippen LogP contribution is 2.31. The molecule has 2 heterocycles. The summed E-state index contributed by atoms with van der Waals surface area (Å²) >= 11 is 1.20. The normalized spacial score (nSPS) is 12.3. The van der Waals surface area contributed by atoms with Gasteiger partial charge in [-0.3, -0.25) is 9.59 Å². The molecule has 0 aliphatic rings. The molecule has 0 aliphatic heterocycles. The monoisotopic (exact) mass is 467 g/mol. The smallest absolute Gasteiger partial charge is 0.435 e. The predicted molar refractivity (Wildman–Crippen MR) is 113 cm³/mol. The Morgan fingerprint density at radius 1 is 1.28 bits per heavy atom. The second-order valence-corrected chi connectivity index (χ2v) is 7.75. The van der Waals surface area contributed by atoms with Crippen LogP contribution in [0, 0.1) is 0 Å². The van der Waals surface area contributed by atoms with E-state index in [1.165, 1.54) is 25.4 Å². The number of amides is 2. The molecule has 1 atom stereocenters. The molecule has 32 heavy (non-hydrogen) atoms. The van der Waals surface area contributed by atoms with E-state index in [2.05, 4.69) is 15.7 Å². The molecule has 0 bridgehead atoms. The zero-order chi connectivity index (χ0) is 23.5. The van der Waals surface area contributed by atoms with Gasteiger partial charge in [0.1, 0.15) is 11.4 Å². The number of carbonyl (C=O) groups is 2. The number of hydrogen-bond acceptors (Lipinski definition) is 6. The Labute approximate surface area is 185 Å². The molecule has 3 rings (SSSR count). The SMILES string of the molecule is COc1ccccc1NC(=O)c1cc(C(F)(F)F)nn1-c1csc(CNC(=O)[C@H](C)N)c1. The lowest BCUT2D eigenvalue weighted by Crippen LogP contribution is -2.37. The highest BCUT2D eigenvalue weighted by atomic mass is 32.1. The quantitative estimate of drug-likeness (QED) is 0.494. The molecule has 8 nitrogen and oxygen atoms in total. The molecule has 0 fully saturated rings. The van der Waals surface area contributed by atoms with Gasteiger partial charge in [-0.1, -0.05) is 12.1 Å². The standard InChI is InChI=1S/C20H20F3N5O3S/c1-11(24)18(29)25-9-13-7-12(10-32-13)28-15(8-17(27-28)20(21,22)23)19(30)26-14-5-3-4-6-16(14)31-2/h3-8,10-11H,9,24H2,1-2H3,(H,25,29)(H,26,30)/t11-/m0/s1. The van der Waals surface area contributed by atoms with Gasteiger partial charge in [-0.15, -0.1) is 11.3 Å². The largest absolute Gasteiger partial charge is 0.495 e. The van der Waals surface area contributed by atoms with Crippen LogP contribution >= 0.6 is 11.3 Å². The first kappa shape index (κ1) is 23.3. The first-order valence-corrected chi connectivity index (χ1v) is 10.2. The second kappa shape index (κ2) is 9.40. The summed E-state index contributed by atoms with van der Waals surface area (Å²) in [6.07, 6.45) is -4.74. The Kier molecular flexibility index (Phi) is 6.84. The number of aromatic nitrogens is 2. The highest BCUT2D eigenvalue weighted by molar-refractivity contribution is 7.10. The van der Waals surface area contributed by atoms with Gasteiger partial charge in [-0.2, -0.15) is 18.3 Å². The van der Waals surface area contributed by atoms with Crippen LogP contribution in [0.2, 0.25) is 0 Å². The molecular formula is C20H20F3N5O3S. The van der Waals surface area contributed by atoms with Crippen LogP contribution in [0.25, 0.3) is 5.69 Å². The number of nitrogens with one attached hydrogen (secondary N) is 2. The van der Waals surface area contributed by atoms with Gasteiger partial charge in [0, 0.05) is 16.3 Å². The van der Waals surface area contributed by atoms with Crippen LogP contribution in [-0.2, 0) is 17.5 Å². The van der Waals surface area contributed by atoms with Crippen molar-refractivity contribution >= 4 is 28.8 Å². The highest BCUT2D eigenvalue weighted by Gasteiger charge is 2.36. The number of carbonyl (C=O) groups excluding carboxylic acids is 2. The van der Waals surface area contributed by atoms with Crippen molar-refractivity contribution in [1.82, 2.24) is 15.1 Å². The Hall–Kier alpha value is -3.38. The summed E-state index contributed by atoms with van der Waals surface area (Å²) in [6.45, 7) is 1.67. The molecule has 170 valence electrons. The van der Waals surface area contributed by atoms with E-state index in [9.17, 15) is 22.8 Å². The number of nitrogens with two attached hydrogens (primary N) is 1. The first-order chi connectivity index (χ1) is 15.1. The van der Waals surface area contributed by atoms with Gasteiger partial charge in [0.2, 0.25) is 5.91 Å². The number of nitrogens with zero attached hydrogens (tertiary/aromatic N) is 2. The third kappa shape index (κ3) is 5.26. The Balaban J connectivity index is 1.92. The van der Waals surface area contributed by atoms with Gasteiger partial charge < -0.3 is 21.1 Å². The number of methoxy groups -OCH3 is 1. The molecule has 12 heteroatoms. The van der Waals surface area contributed by atoms with Crippen molar-refractivity contribution in [3.8, 4) is 11.4 Å². The van der Waals surface area contributed by atoms with E-state index < -0.39 is 23.8 Å². The van der Waals surface area contributed by atoms with Crippen molar-refractivity contribution in [3.63, 3.8) is 0 Å². The number of hydrogen-bond donors (Lipinski definition) is 3. The molecule has 4 N–H and O–H groups in total. The van der Waals surface area contributed by atoms with Crippen molar-refractivity contribution < 1.29 is 27.5 Å². The molecule has 0 aliphatic carbocycles. The average Bonchev–Trinajstić information content (AvgIpc) is 3.39. The minimum absolute atomic E-state index is 0.140. The predicted octanol–water partition coefficient (Wildman–Crippen LogP) is 3.18. The number of ether oxygens (including phenoxy) is 1. The Bertz CT molecular complexity index is 1120. The Morgan fingerprint density at radius 2 is 2.00 bits per heavy atom. The molecule has 0 spiro atoms. The van der Waals surface area contributed by atoms with Crippen LogP contribution in [0.5, 0.6) is 5.75 Å². The molecule has 1 aromatic carbocycles. The summed E-state index contributed by atoms with van der Waals surface area (Å²) in [5, 5.41) is 10.3. The van der Waals surface area contributed by atoms with E-state index in [4.69, 9.17) is 10.5 Å². The number of anilines is 1. The fraction of sp³-hybridized carbons (Fsp3) is 0.250. The van der Waals surface area contributed by atoms with Crippen LogP contribution < -0.4 is 21.1 Å². The maximum absolute atomic E-state index is 13.3. The van der Waals surface area contributed by atoms with E-state index in [1.54, 1.807) is 35.7 Å². The van der Waals surface area contributed by atoms with E-state index in [0.717, 1.165) is 4.68 Å². The molecular weight excluding hydrogens is 447 g/mol. The van der Waals surface area contributed by atoms with Crippen LogP contribution in [0.3, 0.4) is 0 Å². The zero-order valence-corrected chi connectivity index (χ0v) is 17.9. The molecule has 2 aromatic heterocycles. The lowest BCUT2D eigenvalue weighted by atomic mass is 10.2. The fourth-order valence-electron chi connectivity index (χ4n) is 2.72. The first-order valence-electron chi connectivity index (χ1n) is 9.33. The number of para-hydroxylation sites is 2. The van der Waals surface area contributed by atoms with E-state index in [-0.39, 0.29) is 23.8 Å². The number of rotatable bonds is 7. The van der Waals surface area contributed by atoms with Gasteiger partial charge in [0.15, 0.2) is 5.69 Å². The lowest BCUT2D eigenvalue weighted by molar-refractivity contribution is -0.141. The number of thiophene rings is 1. The van der Waals surface area contributed by atoms with E-state index in [0.29, 0.717) is 22.4 Å². The molecule has 0 unspecified atom stereocenters. The summed E-state index contributed by atoms with van der Waals surface area (Å²) in [6, 6.07) is 8.04. The summed E-state index contributed by atoms with van der Waals surface area (Å²) in [7, 11) is 1.41. The fourth-order valence-corrected chi connectivity index (χ4v) is 3.50. The van der Waals surface area contributed by atoms with Gasteiger partial charge in [-0.05, 0) is 25.1 Å². The van der Waals surface area contributed by atoms with E-state index in [1.807, 2.05) is 0 Å². The minimum atomic E-state index is -4.74. The topological polar surface area (TPSA) is 111 Å². The van der Waals surface area contributed by atoms with Gasteiger partial charge in [0.25, 0.3) is 5.91 Å². The van der Waals surface area contributed by atoms with Gasteiger partial charge in [0.05, 0.1) is 31.1 Å². The maximum Gasteiger partial charge on any atom is 0.435 e. The lowest BCUT2D eigenvalue weighted by Gasteiger charge is -2.10. The second-order valence-electron chi connectivity index (χ2n) is 6.76. The van der Waals surface area contributed by atoms with Crippen LogP contribution in [0.15, 0.2) is 41.8 Å². The van der Waals surface area contributed by atoms with Gasteiger partial charge >= 0.3 is 6.18 Å². The third-order valence-electron chi connectivity index (χ3n) is 4.32. The van der Waals surface area contributed by atoms with Crippen molar-refractivity contribution in [3.05, 3.63) is 58.0 Å².